The van der Waals surface area contributed by atoms with E-state index in [1.807, 2.05) is 19.2 Å². The molecule has 8 rings (SSSR count). The van der Waals surface area contributed by atoms with Gasteiger partial charge < -0.3 is 24.1 Å². The number of fused-ring (bicyclic) bond motifs is 5. The van der Waals surface area contributed by atoms with E-state index in [2.05, 4.69) is 67.3 Å². The zero-order chi connectivity index (χ0) is 37.9. The van der Waals surface area contributed by atoms with E-state index >= 15 is 0 Å². The van der Waals surface area contributed by atoms with Crippen molar-refractivity contribution in [3.63, 3.8) is 0 Å². The molecule has 3 fully saturated rings. The van der Waals surface area contributed by atoms with Crippen molar-refractivity contribution < 1.29 is 28.6 Å². The summed E-state index contributed by atoms with van der Waals surface area (Å²) >= 11 is 1.65. The highest BCUT2D eigenvalue weighted by molar-refractivity contribution is 8.14. The molecule has 0 spiro atoms. The van der Waals surface area contributed by atoms with E-state index in [-0.39, 0.29) is 60.3 Å². The van der Waals surface area contributed by atoms with Gasteiger partial charge in [0.15, 0.2) is 0 Å². The standard InChI is InChI=1S/C41H52N6O6S/c1-22-23(2)35(22)38(48)44-31-16-34-43-32(20-54-34)25-11-12-33-28(15-25)29(17-41(4,5)21-53-40(50)30-10-8-14-46(45-30)39(31)49)37(47(33)26-18-52-19-26)27-9-7-13-42-36(27)24(3)51-6/h7,9,11-13,15,22-24,26,30-32,35,45H,8,10,14,16-21H2,1-6H3,(H,44,48)/t22-,23+,24-,30-,31-,32?,35+/m0/s1. The first-order chi connectivity index (χ1) is 25.9. The normalized spacial score (nSPS) is 29.2. The number of thioether (sulfide) groups is 1. The quantitative estimate of drug-likeness (QED) is 0.310. The van der Waals surface area contributed by atoms with Gasteiger partial charge in [-0.05, 0) is 73.4 Å². The van der Waals surface area contributed by atoms with Crippen molar-refractivity contribution in [2.75, 3.05) is 39.2 Å². The van der Waals surface area contributed by atoms with Crippen molar-refractivity contribution >= 4 is 45.5 Å². The molecule has 13 heteroatoms. The van der Waals surface area contributed by atoms with Gasteiger partial charge in [0.2, 0.25) is 5.91 Å². The van der Waals surface area contributed by atoms with E-state index in [0.29, 0.717) is 45.4 Å². The van der Waals surface area contributed by atoms with Crippen molar-refractivity contribution in [1.29, 1.82) is 0 Å². The molecule has 2 amide bonds. The maximum Gasteiger partial charge on any atom is 0.324 e. The minimum atomic E-state index is -0.805. The van der Waals surface area contributed by atoms with Crippen LogP contribution < -0.4 is 10.7 Å². The molecule has 3 aromatic rings. The minimum Gasteiger partial charge on any atom is -0.464 e. The van der Waals surface area contributed by atoms with Crippen LogP contribution in [0.3, 0.4) is 0 Å². The molecule has 288 valence electrons. The lowest BCUT2D eigenvalue weighted by Gasteiger charge is -2.35. The molecule has 54 heavy (non-hydrogen) atoms. The molecule has 1 aromatic carbocycles. The molecule has 1 unspecified atom stereocenters. The summed E-state index contributed by atoms with van der Waals surface area (Å²) in [5, 5.41) is 6.57. The monoisotopic (exact) mass is 756 g/mol. The highest BCUT2D eigenvalue weighted by Crippen LogP contribution is 2.46. The number of nitrogens with one attached hydrogen (secondary N) is 2. The molecule has 2 aromatic heterocycles. The van der Waals surface area contributed by atoms with Crippen molar-refractivity contribution in [3.05, 3.63) is 53.3 Å². The lowest BCUT2D eigenvalue weighted by Crippen LogP contribution is -2.60. The number of hydrogen-bond acceptors (Lipinski definition) is 10. The Hall–Kier alpha value is -3.78. The first-order valence-corrected chi connectivity index (χ1v) is 20.4. The number of cyclic esters (lactones) is 1. The number of hydrazine groups is 1. The number of aliphatic imine (C=N–C) groups is 1. The molecule has 2 saturated heterocycles. The number of aromatic nitrogens is 2. The summed E-state index contributed by atoms with van der Waals surface area (Å²) < 4.78 is 20.1. The summed E-state index contributed by atoms with van der Waals surface area (Å²) in [7, 11) is 1.71. The molecule has 6 bridgehead atoms. The maximum absolute atomic E-state index is 14.1. The predicted molar refractivity (Wildman–Crippen MR) is 208 cm³/mol. The Kier molecular flexibility index (Phi) is 10.1. The van der Waals surface area contributed by atoms with Crippen molar-refractivity contribution in [1.82, 2.24) is 25.3 Å². The second-order valence-corrected chi connectivity index (χ2v) is 17.7. The van der Waals surface area contributed by atoms with Gasteiger partial charge in [0.25, 0.3) is 5.91 Å². The Morgan fingerprint density at radius 2 is 1.96 bits per heavy atom. The Balaban J connectivity index is 1.24. The number of hydrogen-bond donors (Lipinski definition) is 2. The molecular formula is C41H52N6O6S. The number of esters is 1. The van der Waals surface area contributed by atoms with Crippen LogP contribution in [0.25, 0.3) is 22.2 Å². The van der Waals surface area contributed by atoms with E-state index < -0.39 is 17.5 Å². The van der Waals surface area contributed by atoms with Gasteiger partial charge in [-0.15, -0.1) is 11.8 Å². The van der Waals surface area contributed by atoms with Crippen LogP contribution in [0, 0.1) is 23.2 Å². The lowest BCUT2D eigenvalue weighted by molar-refractivity contribution is -0.155. The van der Waals surface area contributed by atoms with Gasteiger partial charge in [-0.25, -0.2) is 5.43 Å². The third-order valence-electron chi connectivity index (χ3n) is 12.2. The Morgan fingerprint density at radius 3 is 2.69 bits per heavy atom. The summed E-state index contributed by atoms with van der Waals surface area (Å²) in [6.07, 6.45) is 3.69. The first-order valence-electron chi connectivity index (χ1n) is 19.4. The van der Waals surface area contributed by atoms with Crippen LogP contribution in [-0.2, 0) is 35.0 Å². The second-order valence-electron chi connectivity index (χ2n) is 16.6. The third kappa shape index (κ3) is 6.97. The van der Waals surface area contributed by atoms with E-state index in [4.69, 9.17) is 24.2 Å². The summed E-state index contributed by atoms with van der Waals surface area (Å²) in [6, 6.07) is 9.33. The molecule has 2 N–H and O–H groups in total. The number of benzene rings is 1. The molecule has 5 aliphatic rings. The highest BCUT2D eigenvalue weighted by Gasteiger charge is 2.49. The number of carbonyl (C=O) groups is 3. The van der Waals surface area contributed by atoms with E-state index in [0.717, 1.165) is 49.8 Å². The highest BCUT2D eigenvalue weighted by atomic mass is 32.2. The van der Waals surface area contributed by atoms with Crippen LogP contribution >= 0.6 is 11.8 Å². The van der Waals surface area contributed by atoms with Crippen LogP contribution in [0.2, 0.25) is 0 Å². The summed E-state index contributed by atoms with van der Waals surface area (Å²) in [5.74, 6) is 0.438. The van der Waals surface area contributed by atoms with Gasteiger partial charge in [-0.1, -0.05) is 33.8 Å². The Morgan fingerprint density at radius 1 is 1.17 bits per heavy atom. The fourth-order valence-electron chi connectivity index (χ4n) is 8.57. The summed E-state index contributed by atoms with van der Waals surface area (Å²) in [4.78, 5) is 51.3. The van der Waals surface area contributed by atoms with Gasteiger partial charge in [0.05, 0.1) is 54.4 Å². The van der Waals surface area contributed by atoms with E-state index in [1.165, 1.54) is 5.01 Å². The second kappa shape index (κ2) is 14.7. The maximum atomic E-state index is 14.1. The van der Waals surface area contributed by atoms with Gasteiger partial charge in [-0.2, -0.15) is 0 Å². The zero-order valence-corrected chi connectivity index (χ0v) is 32.9. The minimum absolute atomic E-state index is 0.0994. The Labute approximate surface area is 321 Å². The predicted octanol–water partition coefficient (Wildman–Crippen LogP) is 5.57. The molecule has 0 radical (unpaired) electrons. The van der Waals surface area contributed by atoms with Crippen molar-refractivity contribution in [2.24, 2.45) is 28.2 Å². The smallest absolute Gasteiger partial charge is 0.324 e. The summed E-state index contributed by atoms with van der Waals surface area (Å²) in [5.41, 5.74) is 9.04. The average Bonchev–Trinajstić information content (AvgIpc) is 3.41. The third-order valence-corrected chi connectivity index (χ3v) is 13.2. The van der Waals surface area contributed by atoms with Crippen molar-refractivity contribution in [3.8, 4) is 11.3 Å². The number of rotatable bonds is 6. The number of carbonyl (C=O) groups excluding carboxylic acids is 3. The van der Waals surface area contributed by atoms with Gasteiger partial charge >= 0.3 is 5.97 Å². The largest absolute Gasteiger partial charge is 0.464 e. The van der Waals surface area contributed by atoms with Gasteiger partial charge in [-0.3, -0.25) is 29.4 Å². The number of methoxy groups -OCH3 is 1. The van der Waals surface area contributed by atoms with Crippen LogP contribution in [0.5, 0.6) is 0 Å². The molecule has 6 heterocycles. The van der Waals surface area contributed by atoms with Gasteiger partial charge in [0.1, 0.15) is 12.1 Å². The molecule has 7 atom stereocenters. The molecule has 1 saturated carbocycles. The summed E-state index contributed by atoms with van der Waals surface area (Å²) in [6.45, 7) is 12.3. The molecule has 4 aliphatic heterocycles. The topological polar surface area (TPSA) is 136 Å². The SMILES string of the molecule is CO[C@@H](C)c1ncccc1-c1c2c3cc(ccc3n1C1COC1)C1CSC(=N1)C[C@H](NC(=O)[C@H]1[C@H](C)[C@@H]1C)C(=O)N1CCC[C@H](N1)C(=O)OCC(C)(C)C2. The average molecular weight is 757 g/mol. The van der Waals surface area contributed by atoms with Gasteiger partial charge in [0, 0.05) is 59.8 Å². The van der Waals surface area contributed by atoms with Crippen LogP contribution in [0.15, 0.2) is 41.5 Å². The number of pyridine rings is 1. The molecular weight excluding hydrogens is 705 g/mol. The Bertz CT molecular complexity index is 1980. The zero-order valence-electron chi connectivity index (χ0n) is 32.1. The van der Waals surface area contributed by atoms with E-state index in [1.54, 1.807) is 18.9 Å². The van der Waals surface area contributed by atoms with Crippen LogP contribution in [0.1, 0.15) is 88.9 Å². The fraction of sp³-hybridized carbons (Fsp3) is 0.585. The van der Waals surface area contributed by atoms with E-state index in [9.17, 15) is 14.4 Å². The molecule has 12 nitrogen and oxygen atoms in total. The number of nitrogens with zero attached hydrogens (tertiary/aromatic N) is 4. The fourth-order valence-corrected chi connectivity index (χ4v) is 9.67. The lowest BCUT2D eigenvalue weighted by atomic mass is 9.84. The first kappa shape index (κ1) is 37.2. The van der Waals surface area contributed by atoms with Crippen molar-refractivity contribution in [2.45, 2.75) is 90.6 Å². The van der Waals surface area contributed by atoms with Crippen LogP contribution in [0.4, 0.5) is 0 Å². The number of ether oxygens (including phenoxy) is 3. The number of amides is 2. The molecule has 1 aliphatic carbocycles. The van der Waals surface area contributed by atoms with Crippen LogP contribution in [-0.4, -0.2) is 88.7 Å².